The van der Waals surface area contributed by atoms with E-state index < -0.39 is 10.0 Å². The Bertz CT molecular complexity index is 991. The van der Waals surface area contributed by atoms with E-state index in [2.05, 4.69) is 20.0 Å². The lowest BCUT2D eigenvalue weighted by molar-refractivity contribution is 0.607. The molecule has 0 unspecified atom stereocenters. The highest BCUT2D eigenvalue weighted by molar-refractivity contribution is 7.92. The van der Waals surface area contributed by atoms with E-state index in [1.807, 2.05) is 12.1 Å². The Morgan fingerprint density at radius 2 is 1.84 bits per heavy atom. The monoisotopic (exact) mass is 360 g/mol. The first-order valence-electron chi connectivity index (χ1n) is 7.61. The summed E-state index contributed by atoms with van der Waals surface area (Å²) in [6.45, 7) is 0.599. The Morgan fingerprint density at radius 1 is 1.08 bits per heavy atom. The molecule has 130 valence electrons. The number of aromatic nitrogens is 2. The van der Waals surface area contributed by atoms with Crippen LogP contribution in [0.3, 0.4) is 0 Å². The Hall–Kier alpha value is -2.74. The van der Waals surface area contributed by atoms with Gasteiger partial charge in [-0.25, -0.2) is 22.8 Å². The van der Waals surface area contributed by atoms with Crippen molar-refractivity contribution in [1.29, 1.82) is 0 Å². The van der Waals surface area contributed by atoms with Gasteiger partial charge in [-0.1, -0.05) is 12.1 Å². The first kappa shape index (κ1) is 17.1. The van der Waals surface area contributed by atoms with E-state index in [4.69, 9.17) is 0 Å². The molecule has 0 amide bonds. The van der Waals surface area contributed by atoms with E-state index in [0.29, 0.717) is 35.4 Å². The quantitative estimate of drug-likeness (QED) is 0.706. The second-order valence-electron chi connectivity index (χ2n) is 5.63. The number of hydrogen-bond acceptors (Lipinski definition) is 5. The van der Waals surface area contributed by atoms with Gasteiger partial charge in [0.15, 0.2) is 0 Å². The topological polar surface area (TPSA) is 84.0 Å². The number of halogens is 1. The van der Waals surface area contributed by atoms with Crippen LogP contribution in [0.2, 0.25) is 0 Å². The van der Waals surface area contributed by atoms with Gasteiger partial charge in [-0.05, 0) is 42.3 Å². The standard InChI is InChI=1S/C17H17FN4O2S/c1-25(23,24)22-14-5-2-12(3-6-14)8-9-19-17-15-10-13(18)4-7-16(15)20-11-21-17/h2-7,10-11,22H,8-9H2,1H3,(H,19,20,21). The van der Waals surface area contributed by atoms with Crippen LogP contribution in [0, 0.1) is 5.82 Å². The molecule has 2 N–H and O–H groups in total. The minimum absolute atomic E-state index is 0.334. The number of fused-ring (bicyclic) bond motifs is 1. The van der Waals surface area contributed by atoms with Gasteiger partial charge in [0.1, 0.15) is 18.0 Å². The Morgan fingerprint density at radius 3 is 2.56 bits per heavy atom. The van der Waals surface area contributed by atoms with Crippen molar-refractivity contribution in [2.75, 3.05) is 22.8 Å². The van der Waals surface area contributed by atoms with Gasteiger partial charge in [0.05, 0.1) is 11.8 Å². The largest absolute Gasteiger partial charge is 0.369 e. The molecule has 0 aliphatic carbocycles. The van der Waals surface area contributed by atoms with Gasteiger partial charge in [-0.2, -0.15) is 0 Å². The molecule has 0 radical (unpaired) electrons. The first-order valence-corrected chi connectivity index (χ1v) is 9.51. The van der Waals surface area contributed by atoms with Crippen LogP contribution in [0.1, 0.15) is 5.56 Å². The molecule has 0 saturated carbocycles. The highest BCUT2D eigenvalue weighted by Crippen LogP contribution is 2.20. The fraction of sp³-hybridized carbons (Fsp3) is 0.176. The van der Waals surface area contributed by atoms with E-state index in [9.17, 15) is 12.8 Å². The molecule has 0 fully saturated rings. The third kappa shape index (κ3) is 4.63. The van der Waals surface area contributed by atoms with E-state index >= 15 is 0 Å². The number of benzene rings is 2. The predicted molar refractivity (Wildman–Crippen MR) is 96.6 cm³/mol. The normalized spacial score (nSPS) is 11.4. The van der Waals surface area contributed by atoms with Crippen LogP contribution >= 0.6 is 0 Å². The van der Waals surface area contributed by atoms with Crippen LogP contribution in [0.15, 0.2) is 48.8 Å². The summed E-state index contributed by atoms with van der Waals surface area (Å²) in [6, 6.07) is 11.5. The molecule has 6 nitrogen and oxygen atoms in total. The summed E-state index contributed by atoms with van der Waals surface area (Å²) in [5, 5.41) is 3.82. The van der Waals surface area contributed by atoms with Gasteiger partial charge in [0, 0.05) is 17.6 Å². The number of hydrogen-bond donors (Lipinski definition) is 2. The lowest BCUT2D eigenvalue weighted by Crippen LogP contribution is -2.10. The lowest BCUT2D eigenvalue weighted by Gasteiger charge is -2.09. The van der Waals surface area contributed by atoms with Crippen LogP contribution in [0.4, 0.5) is 15.9 Å². The lowest BCUT2D eigenvalue weighted by atomic mass is 10.1. The maximum absolute atomic E-state index is 13.4. The third-order valence-electron chi connectivity index (χ3n) is 3.56. The highest BCUT2D eigenvalue weighted by Gasteiger charge is 2.05. The summed E-state index contributed by atoms with van der Waals surface area (Å²) in [6.07, 6.45) is 3.26. The average molecular weight is 360 g/mol. The van der Waals surface area contributed by atoms with Crippen molar-refractivity contribution in [3.63, 3.8) is 0 Å². The molecule has 0 aliphatic heterocycles. The number of nitrogens with one attached hydrogen (secondary N) is 2. The zero-order valence-corrected chi connectivity index (χ0v) is 14.3. The molecule has 1 aromatic heterocycles. The van der Waals surface area contributed by atoms with Crippen molar-refractivity contribution in [3.05, 3.63) is 60.2 Å². The summed E-state index contributed by atoms with van der Waals surface area (Å²) in [5.41, 5.74) is 2.24. The Balaban J connectivity index is 1.64. The molecule has 1 heterocycles. The van der Waals surface area contributed by atoms with Gasteiger partial charge in [-0.3, -0.25) is 4.72 Å². The molecular formula is C17H17FN4O2S. The average Bonchev–Trinajstić information content (AvgIpc) is 2.55. The van der Waals surface area contributed by atoms with Crippen LogP contribution in [-0.4, -0.2) is 31.2 Å². The second kappa shape index (κ2) is 7.02. The van der Waals surface area contributed by atoms with E-state index in [-0.39, 0.29) is 5.82 Å². The van der Waals surface area contributed by atoms with Crippen LogP contribution < -0.4 is 10.0 Å². The Kier molecular flexibility index (Phi) is 4.80. The van der Waals surface area contributed by atoms with Gasteiger partial charge in [0.25, 0.3) is 0 Å². The zero-order chi connectivity index (χ0) is 17.9. The summed E-state index contributed by atoms with van der Waals surface area (Å²) in [5.74, 6) is 0.249. The molecule has 0 bridgehead atoms. The fourth-order valence-corrected chi connectivity index (χ4v) is 3.01. The molecule has 3 aromatic rings. The first-order chi connectivity index (χ1) is 11.9. The van der Waals surface area contributed by atoms with Gasteiger partial charge in [0.2, 0.25) is 10.0 Å². The summed E-state index contributed by atoms with van der Waals surface area (Å²) >= 11 is 0. The van der Waals surface area contributed by atoms with Crippen molar-refractivity contribution in [2.24, 2.45) is 0 Å². The van der Waals surface area contributed by atoms with Crippen molar-refractivity contribution in [1.82, 2.24) is 9.97 Å². The predicted octanol–water partition coefficient (Wildman–Crippen LogP) is 2.80. The number of rotatable bonds is 6. The van der Waals surface area contributed by atoms with Crippen molar-refractivity contribution in [2.45, 2.75) is 6.42 Å². The number of sulfonamides is 1. The van der Waals surface area contributed by atoms with E-state index in [0.717, 1.165) is 11.8 Å². The third-order valence-corrected chi connectivity index (χ3v) is 4.17. The Labute approximate surface area is 145 Å². The second-order valence-corrected chi connectivity index (χ2v) is 7.38. The van der Waals surface area contributed by atoms with Crippen molar-refractivity contribution >= 4 is 32.4 Å². The van der Waals surface area contributed by atoms with Gasteiger partial charge in [-0.15, -0.1) is 0 Å². The fourth-order valence-electron chi connectivity index (χ4n) is 2.45. The summed E-state index contributed by atoms with van der Waals surface area (Å²) < 4.78 is 38.2. The molecule has 2 aromatic carbocycles. The summed E-state index contributed by atoms with van der Waals surface area (Å²) in [4.78, 5) is 8.28. The molecule has 0 saturated heterocycles. The van der Waals surface area contributed by atoms with Crippen molar-refractivity contribution in [3.8, 4) is 0 Å². The smallest absolute Gasteiger partial charge is 0.229 e. The molecular weight excluding hydrogens is 343 g/mol. The molecule has 25 heavy (non-hydrogen) atoms. The SMILES string of the molecule is CS(=O)(=O)Nc1ccc(CCNc2ncnc3ccc(F)cc23)cc1. The minimum atomic E-state index is -3.27. The molecule has 8 heteroatoms. The number of nitrogens with zero attached hydrogens (tertiary/aromatic N) is 2. The van der Waals surface area contributed by atoms with Gasteiger partial charge < -0.3 is 5.32 Å². The number of anilines is 2. The van der Waals surface area contributed by atoms with Crippen LogP contribution in [0.5, 0.6) is 0 Å². The molecule has 0 atom stereocenters. The van der Waals surface area contributed by atoms with Crippen molar-refractivity contribution < 1.29 is 12.8 Å². The molecule has 0 spiro atoms. The minimum Gasteiger partial charge on any atom is -0.369 e. The highest BCUT2D eigenvalue weighted by atomic mass is 32.2. The van der Waals surface area contributed by atoms with E-state index in [1.54, 1.807) is 18.2 Å². The maximum Gasteiger partial charge on any atom is 0.229 e. The van der Waals surface area contributed by atoms with Crippen LogP contribution in [0.25, 0.3) is 10.9 Å². The maximum atomic E-state index is 13.4. The van der Waals surface area contributed by atoms with Gasteiger partial charge >= 0.3 is 0 Å². The molecule has 0 aliphatic rings. The zero-order valence-electron chi connectivity index (χ0n) is 13.5. The summed E-state index contributed by atoms with van der Waals surface area (Å²) in [7, 11) is -3.27. The van der Waals surface area contributed by atoms with E-state index in [1.165, 1.54) is 18.5 Å². The van der Waals surface area contributed by atoms with Crippen LogP contribution in [-0.2, 0) is 16.4 Å². The molecule has 3 rings (SSSR count).